The molecule has 0 saturated carbocycles. The van der Waals surface area contributed by atoms with Crippen molar-refractivity contribution in [1.29, 1.82) is 5.26 Å². The zero-order chi connectivity index (χ0) is 20.7. The van der Waals surface area contributed by atoms with Crippen LogP contribution in [0.1, 0.15) is 37.7 Å². The van der Waals surface area contributed by atoms with Crippen LogP contribution in [0.4, 0.5) is 5.82 Å². The Labute approximate surface area is 171 Å². The van der Waals surface area contributed by atoms with E-state index in [4.69, 9.17) is 5.26 Å². The first-order chi connectivity index (χ1) is 13.9. The highest BCUT2D eigenvalue weighted by atomic mass is 15.3. The number of benzene rings is 1. The maximum atomic E-state index is 9.12. The number of hydrogen-bond donors (Lipinski definition) is 0. The van der Waals surface area contributed by atoms with Gasteiger partial charge in [0.1, 0.15) is 24.5 Å². The third-order valence-electron chi connectivity index (χ3n) is 4.15. The molecule has 0 fully saturated rings. The third kappa shape index (κ3) is 6.25. The van der Waals surface area contributed by atoms with Crippen molar-refractivity contribution in [2.45, 2.75) is 33.9 Å². The van der Waals surface area contributed by atoms with Crippen molar-refractivity contribution < 1.29 is 0 Å². The first kappa shape index (κ1) is 20.2. The standard InChI is InChI=1S/C22H25N7/c1-22(2,3)15-28(21-10-11-25-20(13-23)27-21)14-19-8-6-18(7-9-19)5-4-12-29-17-24-16-26-29/h4-11,16-17H,12,14-15H2,1-3H3/b5-4+. The fourth-order valence-electron chi connectivity index (χ4n) is 2.95. The first-order valence-electron chi connectivity index (χ1n) is 9.49. The Bertz CT molecular complexity index is 977. The van der Waals surface area contributed by atoms with Gasteiger partial charge in [0.15, 0.2) is 0 Å². The van der Waals surface area contributed by atoms with Crippen molar-refractivity contribution in [3.63, 3.8) is 0 Å². The fourth-order valence-corrected chi connectivity index (χ4v) is 2.95. The van der Waals surface area contributed by atoms with Crippen LogP contribution in [-0.4, -0.2) is 31.3 Å². The molecule has 0 bridgehead atoms. The summed E-state index contributed by atoms with van der Waals surface area (Å²) in [6.07, 6.45) is 8.99. The zero-order valence-electron chi connectivity index (χ0n) is 17.0. The van der Waals surface area contributed by atoms with Gasteiger partial charge in [0.05, 0.1) is 6.54 Å². The zero-order valence-corrected chi connectivity index (χ0v) is 17.0. The number of hydrogen-bond acceptors (Lipinski definition) is 6. The molecule has 29 heavy (non-hydrogen) atoms. The molecule has 2 aromatic heterocycles. The molecule has 0 amide bonds. The molecule has 7 nitrogen and oxygen atoms in total. The predicted octanol–water partition coefficient (Wildman–Crippen LogP) is 3.71. The summed E-state index contributed by atoms with van der Waals surface area (Å²) in [6, 6.07) is 12.3. The molecule has 2 heterocycles. The fraction of sp³-hybridized carbons (Fsp3) is 0.318. The smallest absolute Gasteiger partial charge is 0.234 e. The molecular weight excluding hydrogens is 362 g/mol. The molecule has 0 spiro atoms. The van der Waals surface area contributed by atoms with E-state index in [0.29, 0.717) is 13.1 Å². The van der Waals surface area contributed by atoms with Gasteiger partial charge in [-0.15, -0.1) is 0 Å². The molecule has 0 atom stereocenters. The molecule has 0 aliphatic carbocycles. The van der Waals surface area contributed by atoms with Gasteiger partial charge in [-0.05, 0) is 22.6 Å². The molecule has 0 unspecified atom stereocenters. The average molecular weight is 387 g/mol. The number of nitrogens with zero attached hydrogens (tertiary/aromatic N) is 7. The summed E-state index contributed by atoms with van der Waals surface area (Å²) in [6.45, 7) is 8.78. The minimum atomic E-state index is 0.0851. The molecule has 0 aliphatic heterocycles. The van der Waals surface area contributed by atoms with Crippen LogP contribution in [-0.2, 0) is 13.1 Å². The topological polar surface area (TPSA) is 83.5 Å². The predicted molar refractivity (Wildman–Crippen MR) is 113 cm³/mol. The van der Waals surface area contributed by atoms with Crippen LogP contribution in [0.5, 0.6) is 0 Å². The molecule has 0 aliphatic rings. The monoisotopic (exact) mass is 387 g/mol. The normalized spacial score (nSPS) is 11.5. The lowest BCUT2D eigenvalue weighted by Crippen LogP contribution is -2.33. The van der Waals surface area contributed by atoms with Crippen LogP contribution in [0.3, 0.4) is 0 Å². The summed E-state index contributed by atoms with van der Waals surface area (Å²) in [7, 11) is 0. The van der Waals surface area contributed by atoms with Crippen LogP contribution in [0.15, 0.2) is 55.3 Å². The number of allylic oxidation sites excluding steroid dienone is 1. The van der Waals surface area contributed by atoms with Crippen LogP contribution >= 0.6 is 0 Å². The van der Waals surface area contributed by atoms with Gasteiger partial charge < -0.3 is 4.90 Å². The van der Waals surface area contributed by atoms with Gasteiger partial charge in [-0.2, -0.15) is 10.4 Å². The van der Waals surface area contributed by atoms with Gasteiger partial charge in [-0.25, -0.2) is 19.6 Å². The second-order valence-electron chi connectivity index (χ2n) is 8.03. The van der Waals surface area contributed by atoms with E-state index in [0.717, 1.165) is 17.9 Å². The van der Waals surface area contributed by atoms with Gasteiger partial charge in [0, 0.05) is 19.3 Å². The second kappa shape index (κ2) is 9.11. The van der Waals surface area contributed by atoms with E-state index < -0.39 is 0 Å². The molecular formula is C22H25N7. The summed E-state index contributed by atoms with van der Waals surface area (Å²) in [5, 5.41) is 13.2. The van der Waals surface area contributed by atoms with Crippen LogP contribution in [0.2, 0.25) is 0 Å². The minimum absolute atomic E-state index is 0.0851. The maximum Gasteiger partial charge on any atom is 0.234 e. The highest BCUT2D eigenvalue weighted by molar-refractivity contribution is 5.50. The summed E-state index contributed by atoms with van der Waals surface area (Å²) in [4.78, 5) is 14.5. The van der Waals surface area contributed by atoms with E-state index in [9.17, 15) is 0 Å². The molecule has 0 radical (unpaired) electrons. The molecule has 0 N–H and O–H groups in total. The highest BCUT2D eigenvalue weighted by Crippen LogP contribution is 2.22. The Morgan fingerprint density at radius 3 is 2.62 bits per heavy atom. The molecule has 3 rings (SSSR count). The number of nitriles is 1. The average Bonchev–Trinajstić information content (AvgIpc) is 3.21. The largest absolute Gasteiger partial charge is 0.352 e. The Hall–Kier alpha value is -3.53. The maximum absolute atomic E-state index is 9.12. The molecule has 1 aromatic carbocycles. The van der Waals surface area contributed by atoms with E-state index >= 15 is 0 Å². The SMILES string of the molecule is CC(C)(C)CN(Cc1ccc(/C=C/Cn2cncn2)cc1)c1ccnc(C#N)n1. The van der Waals surface area contributed by atoms with E-state index in [2.05, 4.69) is 82.1 Å². The Balaban J connectivity index is 1.71. The van der Waals surface area contributed by atoms with Gasteiger partial charge in [-0.1, -0.05) is 57.2 Å². The van der Waals surface area contributed by atoms with Crippen molar-refractivity contribution in [3.8, 4) is 6.07 Å². The quantitative estimate of drug-likeness (QED) is 0.614. The third-order valence-corrected chi connectivity index (χ3v) is 4.15. The van der Waals surface area contributed by atoms with Crippen LogP contribution in [0.25, 0.3) is 6.08 Å². The summed E-state index contributed by atoms with van der Waals surface area (Å²) in [5.41, 5.74) is 2.40. The highest BCUT2D eigenvalue weighted by Gasteiger charge is 2.18. The summed E-state index contributed by atoms with van der Waals surface area (Å²) < 4.78 is 1.77. The summed E-state index contributed by atoms with van der Waals surface area (Å²) in [5.74, 6) is 0.956. The van der Waals surface area contributed by atoms with Gasteiger partial charge in [-0.3, -0.25) is 0 Å². The van der Waals surface area contributed by atoms with Crippen molar-refractivity contribution in [2.24, 2.45) is 5.41 Å². The van der Waals surface area contributed by atoms with Crippen LogP contribution in [0, 0.1) is 16.7 Å². The summed E-state index contributed by atoms with van der Waals surface area (Å²) >= 11 is 0. The van der Waals surface area contributed by atoms with Crippen molar-refractivity contribution >= 4 is 11.9 Å². The van der Waals surface area contributed by atoms with E-state index in [1.54, 1.807) is 17.2 Å². The molecule has 0 saturated heterocycles. The van der Waals surface area contributed by atoms with Gasteiger partial charge in [0.2, 0.25) is 5.82 Å². The molecule has 148 valence electrons. The minimum Gasteiger partial charge on any atom is -0.352 e. The Morgan fingerprint density at radius 1 is 1.17 bits per heavy atom. The van der Waals surface area contributed by atoms with Crippen molar-refractivity contribution in [3.05, 3.63) is 72.2 Å². The van der Waals surface area contributed by atoms with Gasteiger partial charge >= 0.3 is 0 Å². The Kier molecular flexibility index (Phi) is 6.35. The van der Waals surface area contributed by atoms with Crippen LogP contribution < -0.4 is 4.90 Å². The van der Waals surface area contributed by atoms with E-state index in [-0.39, 0.29) is 11.2 Å². The number of aromatic nitrogens is 5. The Morgan fingerprint density at radius 2 is 1.97 bits per heavy atom. The lowest BCUT2D eigenvalue weighted by atomic mass is 9.95. The first-order valence-corrected chi connectivity index (χ1v) is 9.49. The number of rotatable bonds is 7. The van der Waals surface area contributed by atoms with Crippen molar-refractivity contribution in [1.82, 2.24) is 24.7 Å². The second-order valence-corrected chi connectivity index (χ2v) is 8.03. The lowest BCUT2D eigenvalue weighted by Gasteiger charge is -2.31. The lowest BCUT2D eigenvalue weighted by molar-refractivity contribution is 0.407. The number of anilines is 1. The molecule has 3 aromatic rings. The molecule has 7 heteroatoms. The van der Waals surface area contributed by atoms with E-state index in [1.807, 2.05) is 12.1 Å². The van der Waals surface area contributed by atoms with E-state index in [1.165, 1.54) is 11.9 Å². The van der Waals surface area contributed by atoms with Crippen molar-refractivity contribution in [2.75, 3.05) is 11.4 Å². The van der Waals surface area contributed by atoms with Gasteiger partial charge in [0.25, 0.3) is 0 Å².